The second kappa shape index (κ2) is 7.65. The lowest BCUT2D eigenvalue weighted by Gasteiger charge is -2.05. The molecule has 0 spiro atoms. The third-order valence-corrected chi connectivity index (χ3v) is 5.65. The van der Waals surface area contributed by atoms with Crippen molar-refractivity contribution >= 4 is 40.1 Å². The van der Waals surface area contributed by atoms with Gasteiger partial charge in [-0.3, -0.25) is 9.48 Å². The van der Waals surface area contributed by atoms with Gasteiger partial charge in [-0.05, 0) is 49.4 Å². The molecule has 25 heavy (non-hydrogen) atoms. The van der Waals surface area contributed by atoms with E-state index in [1.807, 2.05) is 11.6 Å². The number of aryl methyl sites for hydroxylation is 2. The van der Waals surface area contributed by atoms with E-state index in [9.17, 15) is 4.79 Å². The number of nitrogens with zero attached hydrogens (tertiary/aromatic N) is 2. The Morgan fingerprint density at radius 3 is 2.56 bits per heavy atom. The van der Waals surface area contributed by atoms with Crippen molar-refractivity contribution in [1.29, 1.82) is 0 Å². The molecule has 0 amide bonds. The molecule has 0 aliphatic carbocycles. The third kappa shape index (κ3) is 4.27. The van der Waals surface area contributed by atoms with Crippen molar-refractivity contribution in [2.45, 2.75) is 25.3 Å². The molecule has 3 aromatic rings. The third-order valence-electron chi connectivity index (χ3n) is 3.76. The Balaban J connectivity index is 1.78. The minimum Gasteiger partial charge on any atom is -0.279 e. The van der Waals surface area contributed by atoms with E-state index in [0.29, 0.717) is 27.2 Å². The van der Waals surface area contributed by atoms with Crippen molar-refractivity contribution in [3.63, 3.8) is 0 Å². The van der Waals surface area contributed by atoms with Crippen LogP contribution in [-0.4, -0.2) is 14.9 Å². The monoisotopic (exact) mass is 390 g/mol. The fourth-order valence-corrected chi connectivity index (χ4v) is 3.57. The van der Waals surface area contributed by atoms with Gasteiger partial charge in [0.25, 0.3) is 0 Å². The zero-order chi connectivity index (χ0) is 18.0. The number of carbonyl (C=O) groups is 1. The number of benzene rings is 2. The smallest absolute Gasteiger partial charge is 0.244 e. The van der Waals surface area contributed by atoms with Gasteiger partial charge >= 0.3 is 0 Å². The zero-order valence-corrected chi connectivity index (χ0v) is 16.1. The molecule has 0 atom stereocenters. The van der Waals surface area contributed by atoms with Gasteiger partial charge in [0.15, 0.2) is 0 Å². The zero-order valence-electron chi connectivity index (χ0n) is 13.8. The van der Waals surface area contributed by atoms with Gasteiger partial charge in [0.05, 0.1) is 16.6 Å². The Morgan fingerprint density at radius 2 is 1.84 bits per heavy atom. The SMILES string of the molecule is Cc1ccc(Cn2nc(C(=O)Sc3cccc(Cl)c3Cl)cc2C)cc1. The highest BCUT2D eigenvalue weighted by Crippen LogP contribution is 2.34. The molecule has 0 unspecified atom stereocenters. The van der Waals surface area contributed by atoms with E-state index in [4.69, 9.17) is 23.2 Å². The summed E-state index contributed by atoms with van der Waals surface area (Å²) in [4.78, 5) is 13.2. The van der Waals surface area contributed by atoms with Crippen LogP contribution in [0.15, 0.2) is 53.4 Å². The van der Waals surface area contributed by atoms with Crippen molar-refractivity contribution in [2.75, 3.05) is 0 Å². The summed E-state index contributed by atoms with van der Waals surface area (Å²) in [5.74, 6) is 0. The predicted molar refractivity (Wildman–Crippen MR) is 104 cm³/mol. The first kappa shape index (κ1) is 18.1. The van der Waals surface area contributed by atoms with Crippen LogP contribution in [0, 0.1) is 13.8 Å². The molecule has 2 aromatic carbocycles. The molecule has 0 radical (unpaired) electrons. The van der Waals surface area contributed by atoms with Crippen LogP contribution in [-0.2, 0) is 6.54 Å². The van der Waals surface area contributed by atoms with Crippen LogP contribution in [0.25, 0.3) is 0 Å². The summed E-state index contributed by atoms with van der Waals surface area (Å²) < 4.78 is 1.83. The molecule has 128 valence electrons. The molecule has 0 saturated carbocycles. The minimum atomic E-state index is -0.157. The summed E-state index contributed by atoms with van der Waals surface area (Å²) in [6.45, 7) is 4.62. The average molecular weight is 391 g/mol. The number of aromatic nitrogens is 2. The van der Waals surface area contributed by atoms with E-state index >= 15 is 0 Å². The van der Waals surface area contributed by atoms with Gasteiger partial charge in [0, 0.05) is 10.6 Å². The Bertz CT molecular complexity index is 920. The van der Waals surface area contributed by atoms with Crippen molar-refractivity contribution in [3.05, 3.63) is 81.1 Å². The van der Waals surface area contributed by atoms with Crippen LogP contribution in [0.4, 0.5) is 0 Å². The van der Waals surface area contributed by atoms with Gasteiger partial charge in [0.1, 0.15) is 5.69 Å². The molecule has 1 aromatic heterocycles. The van der Waals surface area contributed by atoms with Crippen LogP contribution in [0.3, 0.4) is 0 Å². The second-order valence-electron chi connectivity index (χ2n) is 5.76. The molecule has 0 saturated heterocycles. The number of thioether (sulfide) groups is 1. The highest BCUT2D eigenvalue weighted by atomic mass is 35.5. The van der Waals surface area contributed by atoms with Crippen molar-refractivity contribution < 1.29 is 4.79 Å². The largest absolute Gasteiger partial charge is 0.279 e. The van der Waals surface area contributed by atoms with E-state index in [-0.39, 0.29) is 5.12 Å². The number of halogens is 2. The lowest BCUT2D eigenvalue weighted by atomic mass is 10.1. The first-order valence-corrected chi connectivity index (χ1v) is 9.27. The lowest BCUT2D eigenvalue weighted by Crippen LogP contribution is -2.05. The number of hydrogen-bond donors (Lipinski definition) is 0. The summed E-state index contributed by atoms with van der Waals surface area (Å²) >= 11 is 13.2. The second-order valence-corrected chi connectivity index (χ2v) is 7.56. The normalized spacial score (nSPS) is 10.9. The molecule has 3 rings (SSSR count). The molecular weight excluding hydrogens is 375 g/mol. The summed E-state index contributed by atoms with van der Waals surface area (Å²) in [6, 6.07) is 15.3. The molecule has 0 aliphatic heterocycles. The van der Waals surface area contributed by atoms with Crippen LogP contribution >= 0.6 is 35.0 Å². The molecule has 1 heterocycles. The summed E-state index contributed by atoms with van der Waals surface area (Å²) in [6.07, 6.45) is 0. The standard InChI is InChI=1S/C19H16Cl2N2OS/c1-12-6-8-14(9-7-12)11-23-13(2)10-16(22-23)19(24)25-17-5-3-4-15(20)18(17)21/h3-10H,11H2,1-2H3. The van der Waals surface area contributed by atoms with E-state index in [1.54, 1.807) is 24.3 Å². The van der Waals surface area contributed by atoms with Gasteiger partial charge in [-0.2, -0.15) is 5.10 Å². The Morgan fingerprint density at radius 1 is 1.12 bits per heavy atom. The highest BCUT2D eigenvalue weighted by molar-refractivity contribution is 8.14. The number of carbonyl (C=O) groups excluding carboxylic acids is 1. The Labute approximate surface area is 161 Å². The van der Waals surface area contributed by atoms with Crippen LogP contribution in [0.5, 0.6) is 0 Å². The lowest BCUT2D eigenvalue weighted by molar-refractivity contribution is 0.108. The fraction of sp³-hybridized carbons (Fsp3) is 0.158. The molecule has 0 N–H and O–H groups in total. The van der Waals surface area contributed by atoms with Crippen molar-refractivity contribution in [1.82, 2.24) is 9.78 Å². The first-order valence-electron chi connectivity index (χ1n) is 7.70. The predicted octanol–water partition coefficient (Wildman–Crippen LogP) is 5.79. The van der Waals surface area contributed by atoms with E-state index in [0.717, 1.165) is 23.0 Å². The maximum Gasteiger partial charge on any atom is 0.244 e. The first-order chi connectivity index (χ1) is 11.9. The Kier molecular flexibility index (Phi) is 5.52. The molecule has 3 nitrogen and oxygen atoms in total. The Hall–Kier alpha value is -1.75. The van der Waals surface area contributed by atoms with Gasteiger partial charge in [-0.1, -0.05) is 59.1 Å². The van der Waals surface area contributed by atoms with Gasteiger partial charge in [-0.15, -0.1) is 0 Å². The summed E-state index contributed by atoms with van der Waals surface area (Å²) in [5.41, 5.74) is 3.69. The van der Waals surface area contributed by atoms with Crippen LogP contribution in [0.2, 0.25) is 10.0 Å². The van der Waals surface area contributed by atoms with E-state index < -0.39 is 0 Å². The minimum absolute atomic E-state index is 0.157. The summed E-state index contributed by atoms with van der Waals surface area (Å²) in [5, 5.41) is 5.11. The fourth-order valence-electron chi connectivity index (χ4n) is 2.35. The topological polar surface area (TPSA) is 34.9 Å². The van der Waals surface area contributed by atoms with Crippen molar-refractivity contribution in [2.24, 2.45) is 0 Å². The molecule has 0 aliphatic rings. The maximum absolute atomic E-state index is 12.5. The van der Waals surface area contributed by atoms with Gasteiger partial charge in [0.2, 0.25) is 5.12 Å². The maximum atomic E-state index is 12.5. The molecule has 6 heteroatoms. The van der Waals surface area contributed by atoms with Gasteiger partial charge in [-0.25, -0.2) is 0 Å². The number of rotatable bonds is 4. The molecule has 0 bridgehead atoms. The highest BCUT2D eigenvalue weighted by Gasteiger charge is 2.16. The average Bonchev–Trinajstić information content (AvgIpc) is 2.95. The quantitative estimate of drug-likeness (QED) is 0.528. The molecule has 0 fully saturated rings. The van der Waals surface area contributed by atoms with Crippen LogP contribution < -0.4 is 0 Å². The molecular formula is C19H16Cl2N2OS. The van der Waals surface area contributed by atoms with Crippen LogP contribution in [0.1, 0.15) is 27.3 Å². The van der Waals surface area contributed by atoms with Gasteiger partial charge < -0.3 is 0 Å². The van der Waals surface area contributed by atoms with E-state index in [2.05, 4.69) is 36.3 Å². The number of hydrogen-bond acceptors (Lipinski definition) is 3. The summed E-state index contributed by atoms with van der Waals surface area (Å²) in [7, 11) is 0. The van der Waals surface area contributed by atoms with E-state index in [1.165, 1.54) is 5.56 Å². The van der Waals surface area contributed by atoms with Crippen molar-refractivity contribution in [3.8, 4) is 0 Å².